The lowest BCUT2D eigenvalue weighted by Crippen LogP contribution is -2.35. The largest absolute Gasteiger partial charge is 0.254 e. The zero-order valence-electron chi connectivity index (χ0n) is 6.96. The van der Waals surface area contributed by atoms with Crippen molar-refractivity contribution in [2.24, 2.45) is 16.5 Å². The molecule has 0 aromatic carbocycles. The molecule has 0 spiro atoms. The average Bonchev–Trinajstić information content (AvgIpc) is 2.51. The maximum absolute atomic E-state index is 13.2. The fourth-order valence-electron chi connectivity index (χ4n) is 2.45. The van der Waals surface area contributed by atoms with Crippen molar-refractivity contribution >= 4 is 10.0 Å². The molecule has 0 saturated heterocycles. The van der Waals surface area contributed by atoms with Gasteiger partial charge in [-0.25, -0.2) is 22.3 Å². The summed E-state index contributed by atoms with van der Waals surface area (Å²) in [4.78, 5) is 0. The zero-order chi connectivity index (χ0) is 9.91. The van der Waals surface area contributed by atoms with Crippen LogP contribution in [0.4, 0.5) is 8.78 Å². The molecule has 0 bridgehead atoms. The van der Waals surface area contributed by atoms with E-state index in [0.717, 1.165) is 0 Å². The van der Waals surface area contributed by atoms with Crippen LogP contribution in [0.3, 0.4) is 0 Å². The number of rotatable bonds is 2. The van der Waals surface area contributed by atoms with Gasteiger partial charge in [-0.1, -0.05) is 0 Å². The Morgan fingerprint density at radius 3 is 2.38 bits per heavy atom. The smallest absolute Gasteiger partial charge is 0.229 e. The fraction of sp³-hybridized carbons (Fsp3) is 1.00. The Kier molecular flexibility index (Phi) is 1.60. The van der Waals surface area contributed by atoms with E-state index in [0.29, 0.717) is 12.8 Å². The summed E-state index contributed by atoms with van der Waals surface area (Å²) < 4.78 is 48.0. The van der Waals surface area contributed by atoms with Gasteiger partial charge in [0.2, 0.25) is 10.0 Å². The first-order chi connectivity index (χ1) is 5.77. The molecule has 2 aliphatic rings. The van der Waals surface area contributed by atoms with Gasteiger partial charge in [0, 0.05) is 6.42 Å². The van der Waals surface area contributed by atoms with Gasteiger partial charge in [-0.05, 0) is 18.8 Å². The Hall–Kier alpha value is -0.230. The van der Waals surface area contributed by atoms with E-state index in [4.69, 9.17) is 5.14 Å². The minimum atomic E-state index is -3.78. The molecule has 2 aliphatic carbocycles. The Balaban J connectivity index is 2.24. The summed E-state index contributed by atoms with van der Waals surface area (Å²) in [5.74, 6) is -3.51. The monoisotopic (exact) mass is 211 g/mol. The molecule has 0 amide bonds. The Morgan fingerprint density at radius 2 is 2.08 bits per heavy atom. The Bertz CT molecular complexity index is 340. The number of hydrogen-bond acceptors (Lipinski definition) is 2. The van der Waals surface area contributed by atoms with Crippen molar-refractivity contribution in [3.63, 3.8) is 0 Å². The van der Waals surface area contributed by atoms with Crippen LogP contribution in [0.1, 0.15) is 19.3 Å². The molecule has 2 saturated carbocycles. The molecule has 0 radical (unpaired) electrons. The molecular formula is C7H11F2NO2S. The van der Waals surface area contributed by atoms with E-state index < -0.39 is 27.1 Å². The molecule has 0 heterocycles. The quantitative estimate of drug-likeness (QED) is 0.731. The van der Waals surface area contributed by atoms with Gasteiger partial charge in [-0.15, -0.1) is 0 Å². The van der Waals surface area contributed by atoms with Crippen LogP contribution in [0.2, 0.25) is 0 Å². The van der Waals surface area contributed by atoms with Crippen molar-refractivity contribution in [1.29, 1.82) is 0 Å². The lowest BCUT2D eigenvalue weighted by molar-refractivity contribution is -0.0533. The van der Waals surface area contributed by atoms with Gasteiger partial charge in [0.25, 0.3) is 5.92 Å². The number of alkyl halides is 2. The Labute approximate surface area is 75.3 Å². The number of nitrogens with two attached hydrogens (primary N) is 1. The molecule has 2 atom stereocenters. The maximum Gasteiger partial charge on any atom is 0.254 e. The minimum absolute atomic E-state index is 0.124. The summed E-state index contributed by atoms with van der Waals surface area (Å²) >= 11 is 0. The molecule has 0 aliphatic heterocycles. The standard InChI is InChI=1S/C7H11F2NO2S/c8-7(9)2-1-5-3-6(5,7)4-13(10,11)12/h5H,1-4H2,(H2,10,11,12)/t5-,6-/m1/s1. The van der Waals surface area contributed by atoms with Crippen LogP contribution in [0.5, 0.6) is 0 Å². The van der Waals surface area contributed by atoms with E-state index in [2.05, 4.69) is 0 Å². The van der Waals surface area contributed by atoms with E-state index in [1.165, 1.54) is 0 Å². The zero-order valence-corrected chi connectivity index (χ0v) is 7.78. The molecule has 2 fully saturated rings. The van der Waals surface area contributed by atoms with Gasteiger partial charge in [0.05, 0.1) is 11.2 Å². The lowest BCUT2D eigenvalue weighted by Gasteiger charge is -2.21. The molecule has 2 N–H and O–H groups in total. The molecule has 6 heteroatoms. The number of sulfonamides is 1. The van der Waals surface area contributed by atoms with Gasteiger partial charge in [-0.2, -0.15) is 0 Å². The first-order valence-corrected chi connectivity index (χ1v) is 5.87. The summed E-state index contributed by atoms with van der Waals surface area (Å²) in [6, 6.07) is 0. The predicted octanol–water partition coefficient (Wildman–Crippen LogP) is 0.710. The van der Waals surface area contributed by atoms with E-state index in [1.54, 1.807) is 0 Å². The van der Waals surface area contributed by atoms with E-state index in [1.807, 2.05) is 0 Å². The van der Waals surface area contributed by atoms with Crippen LogP contribution in [0.25, 0.3) is 0 Å². The van der Waals surface area contributed by atoms with Crippen molar-refractivity contribution in [1.82, 2.24) is 0 Å². The van der Waals surface area contributed by atoms with Gasteiger partial charge < -0.3 is 0 Å². The maximum atomic E-state index is 13.2. The third-order valence-corrected chi connectivity index (χ3v) is 4.14. The van der Waals surface area contributed by atoms with E-state index >= 15 is 0 Å². The van der Waals surface area contributed by atoms with E-state index in [9.17, 15) is 17.2 Å². The number of halogens is 2. The molecular weight excluding hydrogens is 200 g/mol. The highest BCUT2D eigenvalue weighted by Gasteiger charge is 2.73. The van der Waals surface area contributed by atoms with Crippen molar-refractivity contribution in [3.05, 3.63) is 0 Å². The van der Waals surface area contributed by atoms with Gasteiger partial charge in [0.15, 0.2) is 0 Å². The summed E-state index contributed by atoms with van der Waals surface area (Å²) in [6.45, 7) is 0. The average molecular weight is 211 g/mol. The molecule has 3 nitrogen and oxygen atoms in total. The van der Waals surface area contributed by atoms with Gasteiger partial charge >= 0.3 is 0 Å². The fourth-order valence-corrected chi connectivity index (χ4v) is 3.74. The molecule has 76 valence electrons. The van der Waals surface area contributed by atoms with Crippen LogP contribution in [-0.2, 0) is 10.0 Å². The highest BCUT2D eigenvalue weighted by atomic mass is 32.2. The molecule has 2 rings (SSSR count). The third kappa shape index (κ3) is 1.27. The summed E-state index contributed by atoms with van der Waals surface area (Å²) in [6.07, 6.45) is 0.562. The second-order valence-electron chi connectivity index (χ2n) is 4.11. The summed E-state index contributed by atoms with van der Waals surface area (Å²) in [7, 11) is -3.78. The highest BCUT2D eigenvalue weighted by Crippen LogP contribution is 2.70. The second-order valence-corrected chi connectivity index (χ2v) is 5.72. The first kappa shape index (κ1) is 9.33. The van der Waals surface area contributed by atoms with Crippen molar-refractivity contribution in [2.45, 2.75) is 25.2 Å². The number of hydrogen-bond donors (Lipinski definition) is 1. The van der Waals surface area contributed by atoms with Gasteiger partial charge in [-0.3, -0.25) is 0 Å². The van der Waals surface area contributed by atoms with Crippen LogP contribution < -0.4 is 5.14 Å². The first-order valence-electron chi connectivity index (χ1n) is 4.15. The SMILES string of the molecule is NS(=O)(=O)C[C@]12C[C@H]1CCC2(F)F. The van der Waals surface area contributed by atoms with E-state index in [-0.39, 0.29) is 12.3 Å². The second kappa shape index (κ2) is 2.23. The number of primary sulfonamides is 1. The summed E-state index contributed by atoms with van der Waals surface area (Å²) in [5.41, 5.74) is -1.30. The van der Waals surface area contributed by atoms with Crippen LogP contribution in [0.15, 0.2) is 0 Å². The lowest BCUT2D eigenvalue weighted by atomic mass is 10.0. The van der Waals surface area contributed by atoms with Crippen LogP contribution >= 0.6 is 0 Å². The predicted molar refractivity (Wildman–Crippen MR) is 42.7 cm³/mol. The highest BCUT2D eigenvalue weighted by molar-refractivity contribution is 7.89. The summed E-state index contributed by atoms with van der Waals surface area (Å²) in [5, 5.41) is 4.79. The van der Waals surface area contributed by atoms with Gasteiger partial charge in [0.1, 0.15) is 0 Å². The molecule has 0 unspecified atom stereocenters. The number of fused-ring (bicyclic) bond motifs is 1. The van der Waals surface area contributed by atoms with Crippen LogP contribution in [0, 0.1) is 11.3 Å². The normalized spacial score (nSPS) is 41.6. The Morgan fingerprint density at radius 1 is 1.46 bits per heavy atom. The topological polar surface area (TPSA) is 60.2 Å². The molecule has 0 aromatic heterocycles. The molecule has 0 aromatic rings. The van der Waals surface area contributed by atoms with Crippen molar-refractivity contribution in [3.8, 4) is 0 Å². The van der Waals surface area contributed by atoms with Crippen LogP contribution in [-0.4, -0.2) is 20.1 Å². The van der Waals surface area contributed by atoms with Crippen molar-refractivity contribution in [2.75, 3.05) is 5.75 Å². The minimum Gasteiger partial charge on any atom is -0.229 e. The molecule has 13 heavy (non-hydrogen) atoms. The third-order valence-electron chi connectivity index (χ3n) is 3.23. The van der Waals surface area contributed by atoms with Crippen molar-refractivity contribution < 1.29 is 17.2 Å².